The molecule has 1 aromatic carbocycles. The number of methoxy groups -OCH3 is 1. The molecule has 2 heterocycles. The second-order valence-corrected chi connectivity index (χ2v) is 5.43. The summed E-state index contributed by atoms with van der Waals surface area (Å²) in [6.45, 7) is 1.64. The zero-order chi connectivity index (χ0) is 15.7. The Labute approximate surface area is 129 Å². The van der Waals surface area contributed by atoms with Crippen molar-refractivity contribution in [3.8, 4) is 22.1 Å². The van der Waals surface area contributed by atoms with Gasteiger partial charge in [-0.2, -0.15) is 9.61 Å². The molecule has 0 spiro atoms. The monoisotopic (exact) mass is 319 g/mol. The molecular weight excluding hydrogens is 306 g/mol. The predicted molar refractivity (Wildman–Crippen MR) is 80.1 cm³/mol. The quantitative estimate of drug-likeness (QED) is 0.753. The van der Waals surface area contributed by atoms with E-state index in [-0.39, 0.29) is 6.61 Å². The number of carbonyl (C=O) groups excluding carboxylic acids is 1. The maximum atomic E-state index is 10.8. The number of amides is 1. The maximum absolute atomic E-state index is 10.8. The minimum Gasteiger partial charge on any atom is -0.493 e. The first-order valence-corrected chi connectivity index (χ1v) is 7.18. The third kappa shape index (κ3) is 2.58. The number of ether oxygens (including phenoxy) is 2. The van der Waals surface area contributed by atoms with Gasteiger partial charge in [-0.1, -0.05) is 11.3 Å². The second-order valence-electron chi connectivity index (χ2n) is 4.47. The molecule has 0 saturated carbocycles. The van der Waals surface area contributed by atoms with Crippen LogP contribution < -0.4 is 15.2 Å². The van der Waals surface area contributed by atoms with Crippen LogP contribution in [-0.2, 0) is 4.79 Å². The average Bonchev–Trinajstić information content (AvgIpc) is 3.07. The number of primary amides is 1. The Morgan fingerprint density at radius 3 is 2.86 bits per heavy atom. The number of carbonyl (C=O) groups is 1. The SMILES string of the molecule is COc1cc(-c2nn3c(C)nnc3s2)ccc1OCC(N)=O. The molecule has 0 atom stereocenters. The standard InChI is InChI=1S/C13H13N5O3S/c1-7-15-16-13-18(7)17-12(22-13)8-3-4-9(10(5-8)20-2)21-6-11(14)19/h3-5H,6H2,1-2H3,(H2,14,19). The molecule has 114 valence electrons. The van der Waals surface area contributed by atoms with E-state index in [4.69, 9.17) is 15.2 Å². The van der Waals surface area contributed by atoms with E-state index in [1.54, 1.807) is 16.6 Å². The Hall–Kier alpha value is -2.68. The zero-order valence-electron chi connectivity index (χ0n) is 11.9. The highest BCUT2D eigenvalue weighted by Gasteiger charge is 2.13. The Bertz CT molecular complexity index is 841. The lowest BCUT2D eigenvalue weighted by Crippen LogP contribution is -2.20. The highest BCUT2D eigenvalue weighted by Crippen LogP contribution is 2.34. The molecule has 0 aliphatic carbocycles. The summed E-state index contributed by atoms with van der Waals surface area (Å²) in [4.78, 5) is 11.5. The van der Waals surface area contributed by atoms with Crippen molar-refractivity contribution in [2.75, 3.05) is 13.7 Å². The van der Waals surface area contributed by atoms with Crippen LogP contribution in [0.25, 0.3) is 15.5 Å². The number of nitrogens with two attached hydrogens (primary N) is 1. The highest BCUT2D eigenvalue weighted by atomic mass is 32.1. The van der Waals surface area contributed by atoms with Gasteiger partial charge in [0, 0.05) is 5.56 Å². The van der Waals surface area contributed by atoms with E-state index in [9.17, 15) is 4.79 Å². The van der Waals surface area contributed by atoms with Crippen LogP contribution in [0.2, 0.25) is 0 Å². The van der Waals surface area contributed by atoms with E-state index in [1.807, 2.05) is 13.0 Å². The summed E-state index contributed by atoms with van der Waals surface area (Å²) in [6, 6.07) is 5.34. The summed E-state index contributed by atoms with van der Waals surface area (Å²) < 4.78 is 12.3. The maximum Gasteiger partial charge on any atom is 0.255 e. The van der Waals surface area contributed by atoms with Crippen LogP contribution in [0.15, 0.2) is 18.2 Å². The molecule has 2 N–H and O–H groups in total. The number of aromatic nitrogens is 4. The molecule has 0 radical (unpaired) electrons. The molecule has 0 fully saturated rings. The number of fused-ring (bicyclic) bond motifs is 1. The van der Waals surface area contributed by atoms with E-state index in [0.29, 0.717) is 11.5 Å². The second kappa shape index (κ2) is 5.60. The minimum absolute atomic E-state index is 0.203. The summed E-state index contributed by atoms with van der Waals surface area (Å²) in [5.74, 6) is 1.13. The van der Waals surface area contributed by atoms with Crippen molar-refractivity contribution < 1.29 is 14.3 Å². The third-order valence-corrected chi connectivity index (χ3v) is 3.88. The molecule has 8 nitrogen and oxygen atoms in total. The molecule has 0 unspecified atom stereocenters. The summed E-state index contributed by atoms with van der Waals surface area (Å²) in [5.41, 5.74) is 5.93. The van der Waals surface area contributed by atoms with Gasteiger partial charge < -0.3 is 15.2 Å². The Morgan fingerprint density at radius 1 is 1.36 bits per heavy atom. The van der Waals surface area contributed by atoms with E-state index in [2.05, 4.69) is 15.3 Å². The van der Waals surface area contributed by atoms with Crippen molar-refractivity contribution in [1.29, 1.82) is 0 Å². The topological polar surface area (TPSA) is 105 Å². The van der Waals surface area contributed by atoms with Gasteiger partial charge >= 0.3 is 0 Å². The summed E-state index contributed by atoms with van der Waals surface area (Å²) in [6.07, 6.45) is 0. The molecule has 0 bridgehead atoms. The van der Waals surface area contributed by atoms with E-state index < -0.39 is 5.91 Å². The molecule has 22 heavy (non-hydrogen) atoms. The van der Waals surface area contributed by atoms with Crippen LogP contribution in [0.4, 0.5) is 0 Å². The molecule has 2 aromatic heterocycles. The molecule has 1 amide bonds. The van der Waals surface area contributed by atoms with E-state index >= 15 is 0 Å². The Kier molecular flexibility index (Phi) is 3.63. The average molecular weight is 319 g/mol. The smallest absolute Gasteiger partial charge is 0.255 e. The van der Waals surface area contributed by atoms with Gasteiger partial charge in [0.25, 0.3) is 5.91 Å². The number of nitrogens with zero attached hydrogens (tertiary/aromatic N) is 4. The third-order valence-electron chi connectivity index (χ3n) is 2.93. The number of hydrogen-bond donors (Lipinski definition) is 1. The molecule has 0 aliphatic rings. The van der Waals surface area contributed by atoms with Crippen LogP contribution in [0.5, 0.6) is 11.5 Å². The number of rotatable bonds is 5. The lowest BCUT2D eigenvalue weighted by atomic mass is 10.2. The molecule has 9 heteroatoms. The number of aryl methyl sites for hydroxylation is 1. The zero-order valence-corrected chi connectivity index (χ0v) is 12.8. The number of benzene rings is 1. The summed E-state index contributed by atoms with van der Waals surface area (Å²) >= 11 is 1.42. The fourth-order valence-electron chi connectivity index (χ4n) is 1.90. The summed E-state index contributed by atoms with van der Waals surface area (Å²) in [7, 11) is 1.53. The van der Waals surface area contributed by atoms with Gasteiger partial charge in [0.1, 0.15) is 5.01 Å². The number of hydrogen-bond acceptors (Lipinski definition) is 7. The summed E-state index contributed by atoms with van der Waals surface area (Å²) in [5, 5.41) is 13.2. The molecule has 0 saturated heterocycles. The van der Waals surface area contributed by atoms with Crippen LogP contribution in [0.1, 0.15) is 5.82 Å². The molecule has 0 aliphatic heterocycles. The van der Waals surface area contributed by atoms with Crippen molar-refractivity contribution >= 4 is 22.2 Å². The first-order valence-electron chi connectivity index (χ1n) is 6.37. The fourth-order valence-corrected chi connectivity index (χ4v) is 2.78. The fraction of sp³-hybridized carbons (Fsp3) is 0.231. The van der Waals surface area contributed by atoms with Crippen LogP contribution in [-0.4, -0.2) is 39.4 Å². The van der Waals surface area contributed by atoms with Gasteiger partial charge in [0.2, 0.25) is 4.96 Å². The first-order chi connectivity index (χ1) is 10.6. The van der Waals surface area contributed by atoms with Gasteiger partial charge in [-0.15, -0.1) is 10.2 Å². The normalized spacial score (nSPS) is 10.8. The van der Waals surface area contributed by atoms with Crippen LogP contribution in [0.3, 0.4) is 0 Å². The highest BCUT2D eigenvalue weighted by molar-refractivity contribution is 7.19. The van der Waals surface area contributed by atoms with Gasteiger partial charge in [0.15, 0.2) is 23.9 Å². The predicted octanol–water partition coefficient (Wildman–Crippen LogP) is 1.03. The Morgan fingerprint density at radius 2 is 2.18 bits per heavy atom. The van der Waals surface area contributed by atoms with Gasteiger partial charge in [-0.3, -0.25) is 4.79 Å². The van der Waals surface area contributed by atoms with Crippen molar-refractivity contribution in [2.45, 2.75) is 6.92 Å². The largest absolute Gasteiger partial charge is 0.493 e. The van der Waals surface area contributed by atoms with E-state index in [0.717, 1.165) is 21.4 Å². The van der Waals surface area contributed by atoms with Crippen molar-refractivity contribution in [3.05, 3.63) is 24.0 Å². The lowest BCUT2D eigenvalue weighted by molar-refractivity contribution is -0.119. The van der Waals surface area contributed by atoms with Gasteiger partial charge in [-0.05, 0) is 25.1 Å². The van der Waals surface area contributed by atoms with Crippen molar-refractivity contribution in [3.63, 3.8) is 0 Å². The molecule has 3 aromatic rings. The Balaban J connectivity index is 1.95. The van der Waals surface area contributed by atoms with Crippen LogP contribution in [0, 0.1) is 6.92 Å². The van der Waals surface area contributed by atoms with Crippen molar-refractivity contribution in [1.82, 2.24) is 19.8 Å². The van der Waals surface area contributed by atoms with Gasteiger partial charge in [0.05, 0.1) is 7.11 Å². The van der Waals surface area contributed by atoms with Gasteiger partial charge in [-0.25, -0.2) is 0 Å². The van der Waals surface area contributed by atoms with E-state index in [1.165, 1.54) is 18.4 Å². The lowest BCUT2D eigenvalue weighted by Gasteiger charge is -2.10. The first kappa shape index (κ1) is 14.3. The molecule has 3 rings (SSSR count). The van der Waals surface area contributed by atoms with Crippen molar-refractivity contribution in [2.24, 2.45) is 5.73 Å². The molecular formula is C13H13N5O3S. The van der Waals surface area contributed by atoms with Crippen LogP contribution >= 0.6 is 11.3 Å². The minimum atomic E-state index is -0.546.